The lowest BCUT2D eigenvalue weighted by Gasteiger charge is -2.44. The van der Waals surface area contributed by atoms with Gasteiger partial charge in [0.25, 0.3) is 0 Å². The summed E-state index contributed by atoms with van der Waals surface area (Å²) in [5, 5.41) is 12.6. The first-order chi connectivity index (χ1) is 16.2. The second-order valence-electron chi connectivity index (χ2n) is 13.5. The lowest BCUT2D eigenvalue weighted by molar-refractivity contribution is -0.114. The molecule has 0 saturated carbocycles. The summed E-state index contributed by atoms with van der Waals surface area (Å²) in [5.41, 5.74) is -0.576. The molecule has 1 aromatic heterocycles. The van der Waals surface area contributed by atoms with E-state index in [-0.39, 0.29) is 33.4 Å². The molecule has 1 amide bonds. The van der Waals surface area contributed by atoms with Crippen molar-refractivity contribution in [2.24, 2.45) is 0 Å². The molecule has 1 saturated heterocycles. The number of aromatic nitrogens is 2. The highest BCUT2D eigenvalue weighted by molar-refractivity contribution is 6.74. The molecule has 1 aromatic rings. The number of carbonyl (C=O) groups is 1. The van der Waals surface area contributed by atoms with Crippen LogP contribution in [0.15, 0.2) is 17.1 Å². The third kappa shape index (κ3) is 7.13. The minimum absolute atomic E-state index is 0.0593. The van der Waals surface area contributed by atoms with Gasteiger partial charge in [0, 0.05) is 13.1 Å². The van der Waals surface area contributed by atoms with E-state index in [1.165, 1.54) is 11.5 Å². The Morgan fingerprint density at radius 2 is 1.69 bits per heavy atom. The fraction of sp³-hybridized carbons (Fsp3) is 0.800. The molecule has 206 valence electrons. The summed E-state index contributed by atoms with van der Waals surface area (Å²) >= 11 is 0. The van der Waals surface area contributed by atoms with Gasteiger partial charge in [-0.05, 0) is 34.3 Å². The van der Waals surface area contributed by atoms with Crippen molar-refractivity contribution in [3.63, 3.8) is 0 Å². The summed E-state index contributed by atoms with van der Waals surface area (Å²) < 4.78 is 21.5. The van der Waals surface area contributed by atoms with Crippen molar-refractivity contribution in [1.29, 1.82) is 0 Å². The topological polar surface area (TPSA) is 112 Å². The van der Waals surface area contributed by atoms with Gasteiger partial charge in [-0.25, -0.2) is 4.79 Å². The Balaban J connectivity index is 2.60. The first kappa shape index (κ1) is 30.8. The zero-order valence-electron chi connectivity index (χ0n) is 24.1. The maximum atomic E-state index is 13.0. The Labute approximate surface area is 218 Å². The minimum atomic E-state index is -2.34. The Hall–Kier alpha value is -1.38. The predicted molar refractivity (Wildman–Crippen MR) is 147 cm³/mol. The van der Waals surface area contributed by atoms with E-state index in [4.69, 9.17) is 13.6 Å². The number of hydrogen-bond acceptors (Lipinski definition) is 7. The summed E-state index contributed by atoms with van der Waals surface area (Å²) in [6, 6.07) is 1.56. The minimum Gasteiger partial charge on any atom is -0.411 e. The van der Waals surface area contributed by atoms with E-state index in [1.807, 2.05) is 0 Å². The normalized spacial score (nSPS) is 23.8. The molecule has 0 aromatic carbocycles. The number of nitrogens with zero attached hydrogens (tertiary/aromatic N) is 2. The van der Waals surface area contributed by atoms with Crippen LogP contribution in [0.3, 0.4) is 0 Å². The van der Waals surface area contributed by atoms with Gasteiger partial charge in [0.15, 0.2) is 23.6 Å². The van der Waals surface area contributed by atoms with Crippen molar-refractivity contribution >= 4 is 29.1 Å². The molecule has 0 aliphatic carbocycles. The molecule has 0 bridgehead atoms. The number of hydrogen-bond donors (Lipinski definition) is 2. The van der Waals surface area contributed by atoms with Gasteiger partial charge in [-0.2, -0.15) is 4.98 Å². The van der Waals surface area contributed by atoms with Crippen LogP contribution in [0.5, 0.6) is 0 Å². The SMILES string of the molecule is CC(=O)Nc1ccn([C@@H]2O[C@H](CO)C(O[SiH](C(C)(C)C)C(C)(C)C)C2O[Si](C)(C)C(C)(C)C)c(=O)n1. The van der Waals surface area contributed by atoms with Crippen LogP contribution in [-0.4, -0.2) is 62.8 Å². The average Bonchev–Trinajstić information content (AvgIpc) is 2.99. The number of rotatable bonds is 7. The van der Waals surface area contributed by atoms with Crippen LogP contribution in [-0.2, 0) is 18.4 Å². The van der Waals surface area contributed by atoms with Crippen LogP contribution in [0.2, 0.25) is 28.2 Å². The summed E-state index contributed by atoms with van der Waals surface area (Å²) in [5.74, 6) is -0.145. The largest absolute Gasteiger partial charge is 0.411 e. The number of amides is 1. The molecule has 2 rings (SSSR count). The van der Waals surface area contributed by atoms with Gasteiger partial charge in [-0.1, -0.05) is 62.3 Å². The predicted octanol–water partition coefficient (Wildman–Crippen LogP) is 4.19. The first-order valence-corrected chi connectivity index (χ1v) is 17.2. The summed E-state index contributed by atoms with van der Waals surface area (Å²) in [6.45, 7) is 25.0. The van der Waals surface area contributed by atoms with Gasteiger partial charge in [0.05, 0.1) is 6.61 Å². The van der Waals surface area contributed by atoms with E-state index >= 15 is 0 Å². The number of aliphatic hydroxyl groups excluding tert-OH is 1. The van der Waals surface area contributed by atoms with E-state index < -0.39 is 47.6 Å². The van der Waals surface area contributed by atoms with Crippen LogP contribution in [0, 0.1) is 0 Å². The molecule has 0 spiro atoms. The third-order valence-corrected chi connectivity index (χ3v) is 15.2. The second kappa shape index (κ2) is 10.8. The quantitative estimate of drug-likeness (QED) is 0.498. The molecule has 2 heterocycles. The molecule has 36 heavy (non-hydrogen) atoms. The monoisotopic (exact) mass is 541 g/mol. The van der Waals surface area contributed by atoms with Gasteiger partial charge in [-0.3, -0.25) is 9.36 Å². The highest BCUT2D eigenvalue weighted by Crippen LogP contribution is 2.47. The number of anilines is 1. The van der Waals surface area contributed by atoms with Gasteiger partial charge in [-0.15, -0.1) is 0 Å². The number of ether oxygens (including phenoxy) is 1. The summed E-state index contributed by atoms with van der Waals surface area (Å²) in [7, 11) is -4.27. The molecule has 0 radical (unpaired) electrons. The van der Waals surface area contributed by atoms with E-state index in [1.54, 1.807) is 12.3 Å². The van der Waals surface area contributed by atoms with Crippen molar-refractivity contribution in [2.75, 3.05) is 11.9 Å². The fourth-order valence-corrected chi connectivity index (χ4v) is 9.95. The Kier molecular flexibility index (Phi) is 9.23. The van der Waals surface area contributed by atoms with Crippen molar-refractivity contribution in [3.8, 4) is 0 Å². The maximum Gasteiger partial charge on any atom is 0.351 e. The summed E-state index contributed by atoms with van der Waals surface area (Å²) in [4.78, 5) is 28.5. The fourth-order valence-electron chi connectivity index (χ4n) is 4.61. The van der Waals surface area contributed by atoms with Crippen LogP contribution in [0.1, 0.15) is 75.5 Å². The zero-order valence-corrected chi connectivity index (χ0v) is 26.3. The number of aliphatic hydroxyl groups is 1. The summed E-state index contributed by atoms with van der Waals surface area (Å²) in [6.07, 6.45) is -1.11. The van der Waals surface area contributed by atoms with Gasteiger partial charge < -0.3 is 24.0 Å². The Bertz CT molecular complexity index is 964. The van der Waals surface area contributed by atoms with Crippen LogP contribution in [0.4, 0.5) is 5.82 Å². The number of nitrogens with one attached hydrogen (secondary N) is 1. The molecular weight excluding hydrogens is 494 g/mol. The highest BCUT2D eigenvalue weighted by Gasteiger charge is 2.54. The molecule has 11 heteroatoms. The van der Waals surface area contributed by atoms with E-state index in [0.717, 1.165) is 0 Å². The van der Waals surface area contributed by atoms with Gasteiger partial charge in [0.2, 0.25) is 5.91 Å². The number of carbonyl (C=O) groups excluding carboxylic acids is 1. The van der Waals surface area contributed by atoms with Crippen LogP contribution in [0.25, 0.3) is 0 Å². The van der Waals surface area contributed by atoms with Crippen molar-refractivity contribution in [2.45, 2.75) is 122 Å². The smallest absolute Gasteiger partial charge is 0.351 e. The standard InChI is InChI=1S/C25H47N3O6Si2/c1-16(30)26-18-13-14-28(22(31)27-18)21-20(34-36(11,12)25(8,9)10)19(17(15-29)32-21)33-35(23(2,3)4)24(5,6)7/h13-14,17,19-21,29,35H,15H2,1-12H3,(H,26,27,30,31)/t17-,19?,20?,21-/m1/s1. The molecule has 1 aliphatic heterocycles. The molecule has 4 atom stereocenters. The van der Waals surface area contributed by atoms with Gasteiger partial charge >= 0.3 is 5.69 Å². The Morgan fingerprint density at radius 1 is 1.14 bits per heavy atom. The van der Waals surface area contributed by atoms with Gasteiger partial charge in [0.1, 0.15) is 24.1 Å². The maximum absolute atomic E-state index is 13.0. The van der Waals surface area contributed by atoms with E-state index in [0.29, 0.717) is 0 Å². The van der Waals surface area contributed by atoms with Crippen molar-refractivity contribution in [3.05, 3.63) is 22.7 Å². The molecule has 2 unspecified atom stereocenters. The van der Waals surface area contributed by atoms with Crippen molar-refractivity contribution < 1.29 is 23.5 Å². The molecular formula is C25H47N3O6Si2. The molecule has 1 aliphatic rings. The Morgan fingerprint density at radius 3 is 2.11 bits per heavy atom. The van der Waals surface area contributed by atoms with Crippen molar-refractivity contribution in [1.82, 2.24) is 9.55 Å². The molecule has 1 fully saturated rings. The lowest BCUT2D eigenvalue weighted by atomic mass is 10.1. The second-order valence-corrected chi connectivity index (χ2v) is 22.7. The molecule has 2 N–H and O–H groups in total. The third-order valence-electron chi connectivity index (χ3n) is 6.98. The average molecular weight is 542 g/mol. The first-order valence-electron chi connectivity index (χ1n) is 12.7. The van der Waals surface area contributed by atoms with E-state index in [2.05, 4.69) is 85.7 Å². The van der Waals surface area contributed by atoms with E-state index in [9.17, 15) is 14.7 Å². The molecule has 9 nitrogen and oxygen atoms in total. The lowest BCUT2D eigenvalue weighted by Crippen LogP contribution is -2.53. The zero-order chi connectivity index (χ0) is 27.9. The highest BCUT2D eigenvalue weighted by atomic mass is 28.4. The van der Waals surface area contributed by atoms with Crippen LogP contribution < -0.4 is 11.0 Å². The van der Waals surface area contributed by atoms with Crippen LogP contribution >= 0.6 is 0 Å².